The molecule has 0 aliphatic rings. The molecular weight excluding hydrogens is 232 g/mol. The number of nitrogens with one attached hydrogen (secondary N) is 1. The number of nitrogens with zero attached hydrogens (tertiary/aromatic N) is 1. The Bertz CT molecular complexity index is 384. The Morgan fingerprint density at radius 2 is 1.53 bits per heavy atom. The molecule has 0 spiro atoms. The largest absolute Gasteiger partial charge is 0.345 e. The standard InChI is InChI=1S/C17H32N2/c1-8-10-12(3)14-15(17(5,6)7)19-16(18-14)13(4)11-9-2/h12-13H,8-11H2,1-7H3,(H,18,19). The highest BCUT2D eigenvalue weighted by Gasteiger charge is 2.26. The van der Waals surface area contributed by atoms with Crippen molar-refractivity contribution in [2.75, 3.05) is 0 Å². The third-order valence-corrected chi connectivity index (χ3v) is 3.86. The minimum atomic E-state index is 0.123. The van der Waals surface area contributed by atoms with E-state index in [2.05, 4.69) is 53.5 Å². The lowest BCUT2D eigenvalue weighted by Gasteiger charge is -2.20. The van der Waals surface area contributed by atoms with Crippen molar-refractivity contribution < 1.29 is 0 Å². The van der Waals surface area contributed by atoms with Crippen molar-refractivity contribution >= 4 is 0 Å². The Balaban J connectivity index is 3.12. The van der Waals surface area contributed by atoms with Crippen LogP contribution >= 0.6 is 0 Å². The van der Waals surface area contributed by atoms with Crippen LogP contribution in [0.3, 0.4) is 0 Å². The summed E-state index contributed by atoms with van der Waals surface area (Å²) in [6, 6.07) is 0. The Morgan fingerprint density at radius 1 is 1.00 bits per heavy atom. The van der Waals surface area contributed by atoms with Gasteiger partial charge in [-0.2, -0.15) is 0 Å². The summed E-state index contributed by atoms with van der Waals surface area (Å²) in [5, 5.41) is 0. The predicted octanol–water partition coefficient (Wildman–Crippen LogP) is 5.51. The van der Waals surface area contributed by atoms with E-state index in [1.807, 2.05) is 0 Å². The number of aromatic nitrogens is 2. The zero-order valence-corrected chi connectivity index (χ0v) is 13.9. The second-order valence-electron chi connectivity index (χ2n) is 7.01. The molecule has 1 heterocycles. The van der Waals surface area contributed by atoms with Gasteiger partial charge in [0.1, 0.15) is 5.82 Å². The van der Waals surface area contributed by atoms with Crippen molar-refractivity contribution in [1.82, 2.24) is 9.97 Å². The second kappa shape index (κ2) is 6.58. The summed E-state index contributed by atoms with van der Waals surface area (Å²) in [6.45, 7) is 15.9. The monoisotopic (exact) mass is 264 g/mol. The van der Waals surface area contributed by atoms with Crippen molar-refractivity contribution in [3.63, 3.8) is 0 Å². The summed E-state index contributed by atoms with van der Waals surface area (Å²) in [6.07, 6.45) is 4.88. The number of hydrogen-bond donors (Lipinski definition) is 1. The molecule has 2 heteroatoms. The quantitative estimate of drug-likeness (QED) is 0.720. The van der Waals surface area contributed by atoms with Gasteiger partial charge in [-0.05, 0) is 18.8 Å². The molecular formula is C17H32N2. The summed E-state index contributed by atoms with van der Waals surface area (Å²) in [7, 11) is 0. The Morgan fingerprint density at radius 3 is 2.00 bits per heavy atom. The van der Waals surface area contributed by atoms with Gasteiger partial charge < -0.3 is 4.98 Å². The molecule has 1 rings (SSSR count). The summed E-state index contributed by atoms with van der Waals surface area (Å²) in [5.41, 5.74) is 2.76. The van der Waals surface area contributed by atoms with Crippen molar-refractivity contribution in [3.05, 3.63) is 17.2 Å². The number of aromatic amines is 1. The molecule has 1 aromatic heterocycles. The third kappa shape index (κ3) is 4.09. The van der Waals surface area contributed by atoms with E-state index >= 15 is 0 Å². The highest BCUT2D eigenvalue weighted by Crippen LogP contribution is 2.33. The molecule has 2 atom stereocenters. The van der Waals surface area contributed by atoms with E-state index in [1.165, 1.54) is 42.9 Å². The van der Waals surface area contributed by atoms with Crippen LogP contribution in [0.25, 0.3) is 0 Å². The fourth-order valence-electron chi connectivity index (χ4n) is 2.71. The molecule has 2 nitrogen and oxygen atoms in total. The lowest BCUT2D eigenvalue weighted by Crippen LogP contribution is -2.15. The smallest absolute Gasteiger partial charge is 0.109 e. The summed E-state index contributed by atoms with van der Waals surface area (Å²) >= 11 is 0. The van der Waals surface area contributed by atoms with Crippen LogP contribution in [-0.2, 0) is 5.41 Å². The maximum Gasteiger partial charge on any atom is 0.109 e. The van der Waals surface area contributed by atoms with E-state index < -0.39 is 0 Å². The van der Waals surface area contributed by atoms with Crippen LogP contribution in [0, 0.1) is 0 Å². The maximum atomic E-state index is 4.95. The fourth-order valence-corrected chi connectivity index (χ4v) is 2.71. The highest BCUT2D eigenvalue weighted by molar-refractivity contribution is 5.26. The van der Waals surface area contributed by atoms with E-state index in [0.717, 1.165) is 0 Å². The maximum absolute atomic E-state index is 4.95. The van der Waals surface area contributed by atoms with E-state index in [4.69, 9.17) is 4.98 Å². The number of H-pyrrole nitrogens is 1. The Kier molecular flexibility index (Phi) is 5.64. The molecule has 0 saturated heterocycles. The van der Waals surface area contributed by atoms with Gasteiger partial charge in [-0.15, -0.1) is 0 Å². The molecule has 0 aromatic carbocycles. The second-order valence-corrected chi connectivity index (χ2v) is 7.01. The van der Waals surface area contributed by atoms with Gasteiger partial charge in [0, 0.05) is 17.0 Å². The molecule has 0 fully saturated rings. The first-order valence-electron chi connectivity index (χ1n) is 7.91. The average Bonchev–Trinajstić information content (AvgIpc) is 2.74. The zero-order chi connectivity index (χ0) is 14.6. The molecule has 0 aliphatic heterocycles. The van der Waals surface area contributed by atoms with Gasteiger partial charge in [-0.25, -0.2) is 4.98 Å². The van der Waals surface area contributed by atoms with Crippen LogP contribution in [0.5, 0.6) is 0 Å². The number of rotatable bonds is 6. The fraction of sp³-hybridized carbons (Fsp3) is 0.824. The van der Waals surface area contributed by atoms with Crippen molar-refractivity contribution in [2.45, 2.75) is 91.4 Å². The molecule has 2 unspecified atom stereocenters. The average molecular weight is 264 g/mol. The van der Waals surface area contributed by atoms with E-state index in [9.17, 15) is 0 Å². The topological polar surface area (TPSA) is 28.7 Å². The van der Waals surface area contributed by atoms with E-state index in [1.54, 1.807) is 0 Å². The lowest BCUT2D eigenvalue weighted by molar-refractivity contribution is 0.544. The minimum Gasteiger partial charge on any atom is -0.345 e. The van der Waals surface area contributed by atoms with Crippen LogP contribution in [-0.4, -0.2) is 9.97 Å². The first kappa shape index (κ1) is 16.3. The first-order chi connectivity index (χ1) is 8.81. The predicted molar refractivity (Wildman–Crippen MR) is 83.9 cm³/mol. The van der Waals surface area contributed by atoms with E-state index in [-0.39, 0.29) is 5.41 Å². The van der Waals surface area contributed by atoms with E-state index in [0.29, 0.717) is 11.8 Å². The Labute approximate surface area is 119 Å². The third-order valence-electron chi connectivity index (χ3n) is 3.86. The van der Waals surface area contributed by atoms with Gasteiger partial charge in [0.15, 0.2) is 0 Å². The van der Waals surface area contributed by atoms with Crippen molar-refractivity contribution in [1.29, 1.82) is 0 Å². The van der Waals surface area contributed by atoms with Crippen molar-refractivity contribution in [3.8, 4) is 0 Å². The molecule has 1 N–H and O–H groups in total. The molecule has 0 amide bonds. The van der Waals surface area contributed by atoms with Gasteiger partial charge in [0.2, 0.25) is 0 Å². The minimum absolute atomic E-state index is 0.123. The molecule has 0 bridgehead atoms. The van der Waals surface area contributed by atoms with Gasteiger partial charge in [0.25, 0.3) is 0 Å². The van der Waals surface area contributed by atoms with Crippen LogP contribution in [0.2, 0.25) is 0 Å². The number of hydrogen-bond acceptors (Lipinski definition) is 1. The van der Waals surface area contributed by atoms with Crippen LogP contribution in [0.1, 0.15) is 103 Å². The first-order valence-corrected chi connectivity index (χ1v) is 7.91. The van der Waals surface area contributed by atoms with Gasteiger partial charge in [-0.3, -0.25) is 0 Å². The van der Waals surface area contributed by atoms with Gasteiger partial charge >= 0.3 is 0 Å². The summed E-state index contributed by atoms with van der Waals surface area (Å²) in [4.78, 5) is 8.59. The molecule has 19 heavy (non-hydrogen) atoms. The molecule has 0 aliphatic carbocycles. The van der Waals surface area contributed by atoms with Crippen LogP contribution in [0.15, 0.2) is 0 Å². The van der Waals surface area contributed by atoms with Gasteiger partial charge in [-0.1, -0.05) is 61.3 Å². The van der Waals surface area contributed by atoms with Gasteiger partial charge in [0.05, 0.1) is 5.69 Å². The van der Waals surface area contributed by atoms with Crippen molar-refractivity contribution in [2.24, 2.45) is 0 Å². The molecule has 1 aromatic rings. The Hall–Kier alpha value is -0.790. The SMILES string of the molecule is CCCC(C)c1nc(C(C)(C)C)c(C(C)CCC)[nH]1. The molecule has 110 valence electrons. The lowest BCUT2D eigenvalue weighted by atomic mass is 9.87. The highest BCUT2D eigenvalue weighted by atomic mass is 15.0. The van der Waals surface area contributed by atoms with Crippen LogP contribution < -0.4 is 0 Å². The number of imidazole rings is 1. The normalized spacial score (nSPS) is 15.5. The van der Waals surface area contributed by atoms with Crippen LogP contribution in [0.4, 0.5) is 0 Å². The molecule has 0 saturated carbocycles. The zero-order valence-electron chi connectivity index (χ0n) is 13.9. The summed E-state index contributed by atoms with van der Waals surface area (Å²) in [5.74, 6) is 2.30. The summed E-state index contributed by atoms with van der Waals surface area (Å²) < 4.78 is 0. The molecule has 0 radical (unpaired) electrons.